The van der Waals surface area contributed by atoms with E-state index in [4.69, 9.17) is 0 Å². The molecule has 2 N–H and O–H groups in total. The fourth-order valence-electron chi connectivity index (χ4n) is 3.66. The molecule has 0 unspecified atom stereocenters. The lowest BCUT2D eigenvalue weighted by Gasteiger charge is -2.42. The van der Waals surface area contributed by atoms with Crippen LogP contribution in [0.1, 0.15) is 36.8 Å². The molecule has 2 aromatic rings. The summed E-state index contributed by atoms with van der Waals surface area (Å²) >= 11 is 1.66. The Balaban J connectivity index is 1.86. The van der Waals surface area contributed by atoms with Gasteiger partial charge in [-0.25, -0.2) is 0 Å². The molecule has 0 atom stereocenters. The van der Waals surface area contributed by atoms with Crippen LogP contribution < -0.4 is 0 Å². The average Bonchev–Trinajstić information content (AvgIpc) is 2.63. The highest BCUT2D eigenvalue weighted by atomic mass is 32.2. The van der Waals surface area contributed by atoms with Gasteiger partial charge >= 0.3 is 5.97 Å². The smallest absolute Gasteiger partial charge is 0.314 e. The van der Waals surface area contributed by atoms with Crippen molar-refractivity contribution in [1.82, 2.24) is 0 Å². The topological polar surface area (TPSA) is 57.5 Å². The molecule has 4 heteroatoms. The van der Waals surface area contributed by atoms with Crippen molar-refractivity contribution in [2.45, 2.75) is 41.6 Å². The molecule has 126 valence electrons. The van der Waals surface area contributed by atoms with E-state index in [2.05, 4.69) is 0 Å². The molecule has 1 fully saturated rings. The van der Waals surface area contributed by atoms with Crippen LogP contribution in [-0.2, 0) is 15.8 Å². The second-order valence-corrected chi connectivity index (χ2v) is 7.39. The van der Waals surface area contributed by atoms with Crippen LogP contribution in [-0.4, -0.2) is 22.4 Å². The standard InChI is InChI=1S/C20H22O3S/c1-24-17-9-7-16(8-10-17)20(23)13-11-19(12-14-20,18(21)22)15-5-3-2-4-6-15/h2-10,23H,11-14H2,1H3,(H,21,22). The minimum atomic E-state index is -0.940. The van der Waals surface area contributed by atoms with Gasteiger partial charge in [0.2, 0.25) is 0 Å². The zero-order valence-corrected chi connectivity index (χ0v) is 14.6. The molecular weight excluding hydrogens is 320 g/mol. The highest BCUT2D eigenvalue weighted by molar-refractivity contribution is 7.98. The van der Waals surface area contributed by atoms with Gasteiger partial charge < -0.3 is 10.2 Å². The number of carbonyl (C=O) groups is 1. The summed E-state index contributed by atoms with van der Waals surface area (Å²) in [6.07, 6.45) is 3.80. The van der Waals surface area contributed by atoms with Crippen LogP contribution in [0.4, 0.5) is 0 Å². The zero-order chi connectivity index (χ0) is 17.2. The lowest BCUT2D eigenvalue weighted by molar-refractivity contribution is -0.148. The SMILES string of the molecule is CSc1ccc(C2(O)CCC(C(=O)O)(c3ccccc3)CC2)cc1. The molecule has 0 spiro atoms. The minimum absolute atomic E-state index is 0.438. The van der Waals surface area contributed by atoms with E-state index in [-0.39, 0.29) is 0 Å². The van der Waals surface area contributed by atoms with Crippen LogP contribution in [0.3, 0.4) is 0 Å². The number of carboxylic acid groups (broad SMARTS) is 1. The molecule has 3 nitrogen and oxygen atoms in total. The molecule has 0 bridgehead atoms. The first-order valence-corrected chi connectivity index (χ1v) is 9.38. The molecule has 0 radical (unpaired) electrons. The first-order valence-electron chi connectivity index (χ1n) is 8.16. The first kappa shape index (κ1) is 17.1. The molecule has 2 aromatic carbocycles. The molecule has 1 aliphatic rings. The summed E-state index contributed by atoms with van der Waals surface area (Å²) in [6, 6.07) is 17.3. The van der Waals surface area contributed by atoms with Gasteiger partial charge in [-0.3, -0.25) is 4.79 Å². The van der Waals surface area contributed by atoms with Gasteiger partial charge in [0.1, 0.15) is 0 Å². The number of rotatable bonds is 4. The molecule has 0 aliphatic heterocycles. The molecule has 1 saturated carbocycles. The van der Waals surface area contributed by atoms with Crippen molar-refractivity contribution in [3.05, 3.63) is 65.7 Å². The maximum Gasteiger partial charge on any atom is 0.314 e. The fourth-order valence-corrected chi connectivity index (χ4v) is 4.07. The van der Waals surface area contributed by atoms with E-state index in [1.807, 2.05) is 60.9 Å². The van der Waals surface area contributed by atoms with Gasteiger partial charge in [0.05, 0.1) is 11.0 Å². The van der Waals surface area contributed by atoms with E-state index < -0.39 is 17.0 Å². The molecule has 0 saturated heterocycles. The second kappa shape index (κ2) is 6.61. The van der Waals surface area contributed by atoms with Crippen LogP contribution in [0, 0.1) is 0 Å². The van der Waals surface area contributed by atoms with Crippen LogP contribution in [0.5, 0.6) is 0 Å². The highest BCUT2D eigenvalue weighted by Crippen LogP contribution is 2.47. The van der Waals surface area contributed by atoms with Crippen molar-refractivity contribution in [3.8, 4) is 0 Å². The van der Waals surface area contributed by atoms with Gasteiger partial charge in [0.25, 0.3) is 0 Å². The average molecular weight is 342 g/mol. The van der Waals surface area contributed by atoms with Crippen molar-refractivity contribution < 1.29 is 15.0 Å². The predicted molar refractivity (Wildman–Crippen MR) is 96.3 cm³/mol. The Morgan fingerprint density at radius 3 is 2.00 bits per heavy atom. The van der Waals surface area contributed by atoms with Gasteiger partial charge in [0.15, 0.2) is 0 Å². The van der Waals surface area contributed by atoms with Crippen molar-refractivity contribution in [2.75, 3.05) is 6.26 Å². The fraction of sp³-hybridized carbons (Fsp3) is 0.350. The second-order valence-electron chi connectivity index (χ2n) is 6.51. The number of hydrogen-bond donors (Lipinski definition) is 2. The summed E-state index contributed by atoms with van der Waals surface area (Å²) in [5.41, 5.74) is -0.123. The van der Waals surface area contributed by atoms with Crippen molar-refractivity contribution in [3.63, 3.8) is 0 Å². The maximum absolute atomic E-state index is 12.0. The lowest BCUT2D eigenvalue weighted by atomic mass is 9.64. The minimum Gasteiger partial charge on any atom is -0.481 e. The Kier molecular flexibility index (Phi) is 4.70. The van der Waals surface area contributed by atoms with Gasteiger partial charge in [-0.2, -0.15) is 0 Å². The summed E-state index contributed by atoms with van der Waals surface area (Å²) in [4.78, 5) is 13.2. The third-order valence-corrected chi connectivity index (χ3v) is 6.04. The summed E-state index contributed by atoms with van der Waals surface area (Å²) in [5.74, 6) is -0.798. The Labute approximate surface area is 146 Å². The molecule has 24 heavy (non-hydrogen) atoms. The molecule has 3 rings (SSSR count). The Hall–Kier alpha value is -1.78. The summed E-state index contributed by atoms with van der Waals surface area (Å²) < 4.78 is 0. The summed E-state index contributed by atoms with van der Waals surface area (Å²) in [6.45, 7) is 0. The largest absolute Gasteiger partial charge is 0.481 e. The number of aliphatic hydroxyl groups is 1. The zero-order valence-electron chi connectivity index (χ0n) is 13.7. The number of hydrogen-bond acceptors (Lipinski definition) is 3. The van der Waals surface area contributed by atoms with E-state index in [0.717, 1.165) is 16.0 Å². The third kappa shape index (κ3) is 2.96. The Bertz CT molecular complexity index is 701. The molecule has 0 heterocycles. The van der Waals surface area contributed by atoms with Crippen LogP contribution in [0.25, 0.3) is 0 Å². The number of thioether (sulfide) groups is 1. The number of benzene rings is 2. The number of aliphatic carboxylic acids is 1. The van der Waals surface area contributed by atoms with Crippen LogP contribution in [0.2, 0.25) is 0 Å². The molecule has 1 aliphatic carbocycles. The first-order chi connectivity index (χ1) is 11.5. The monoisotopic (exact) mass is 342 g/mol. The van der Waals surface area contributed by atoms with E-state index in [9.17, 15) is 15.0 Å². The van der Waals surface area contributed by atoms with Crippen molar-refractivity contribution in [1.29, 1.82) is 0 Å². The Morgan fingerprint density at radius 1 is 0.917 bits per heavy atom. The van der Waals surface area contributed by atoms with Gasteiger partial charge in [-0.05, 0) is 55.2 Å². The van der Waals surface area contributed by atoms with Gasteiger partial charge in [0, 0.05) is 4.90 Å². The quantitative estimate of drug-likeness (QED) is 0.818. The Morgan fingerprint density at radius 2 is 1.50 bits per heavy atom. The van der Waals surface area contributed by atoms with E-state index in [1.165, 1.54) is 0 Å². The summed E-state index contributed by atoms with van der Waals surface area (Å²) in [7, 11) is 0. The van der Waals surface area contributed by atoms with Crippen LogP contribution in [0.15, 0.2) is 59.5 Å². The van der Waals surface area contributed by atoms with Gasteiger partial charge in [-0.1, -0.05) is 42.5 Å². The van der Waals surface area contributed by atoms with Crippen molar-refractivity contribution in [2.24, 2.45) is 0 Å². The lowest BCUT2D eigenvalue weighted by Crippen LogP contribution is -2.44. The normalized spacial score (nSPS) is 26.9. The third-order valence-electron chi connectivity index (χ3n) is 5.29. The van der Waals surface area contributed by atoms with E-state index in [1.54, 1.807) is 11.8 Å². The van der Waals surface area contributed by atoms with Crippen molar-refractivity contribution >= 4 is 17.7 Å². The highest BCUT2D eigenvalue weighted by Gasteiger charge is 2.48. The molecule has 0 amide bonds. The maximum atomic E-state index is 12.0. The van der Waals surface area contributed by atoms with Crippen LogP contribution >= 0.6 is 11.8 Å². The molecular formula is C20H22O3S. The van der Waals surface area contributed by atoms with E-state index >= 15 is 0 Å². The molecule has 0 aromatic heterocycles. The van der Waals surface area contributed by atoms with Gasteiger partial charge in [-0.15, -0.1) is 11.8 Å². The number of carboxylic acids is 1. The predicted octanol–water partition coefficient (Wildman–Crippen LogP) is 4.19. The van der Waals surface area contributed by atoms with E-state index in [0.29, 0.717) is 25.7 Å². The summed E-state index contributed by atoms with van der Waals surface area (Å²) in [5, 5.41) is 20.9.